The fourth-order valence-electron chi connectivity index (χ4n) is 3.00. The third-order valence-corrected chi connectivity index (χ3v) is 4.31. The average molecular weight is 346 g/mol. The quantitative estimate of drug-likeness (QED) is 0.905. The molecule has 1 amide bonds. The summed E-state index contributed by atoms with van der Waals surface area (Å²) in [6.07, 6.45) is 0.422. The van der Waals surface area contributed by atoms with E-state index in [1.165, 1.54) is 42.5 Å². The number of carbonyl (C=O) groups is 1. The summed E-state index contributed by atoms with van der Waals surface area (Å²) in [7, 11) is 2.04. The van der Waals surface area contributed by atoms with Crippen LogP contribution in [0.2, 0.25) is 0 Å². The van der Waals surface area contributed by atoms with Crippen molar-refractivity contribution in [2.75, 3.05) is 32.1 Å². The number of nitrogens with one attached hydrogen (secondary N) is 1. The Kier molecular flexibility index (Phi) is 5.28. The summed E-state index contributed by atoms with van der Waals surface area (Å²) >= 11 is 0. The Morgan fingerprint density at radius 1 is 1.20 bits per heavy atom. The van der Waals surface area contributed by atoms with Crippen molar-refractivity contribution >= 4 is 11.8 Å². The minimum Gasteiger partial charge on any atom is -0.449 e. The average Bonchev–Trinajstić information content (AvgIpc) is 3.01. The van der Waals surface area contributed by atoms with E-state index in [1.54, 1.807) is 0 Å². The van der Waals surface area contributed by atoms with Crippen molar-refractivity contribution in [1.82, 2.24) is 4.90 Å². The number of likely N-dealkylation sites (tertiary alicyclic amines) is 1. The Morgan fingerprint density at radius 2 is 1.92 bits per heavy atom. The molecule has 1 fully saturated rings. The second kappa shape index (κ2) is 7.61. The van der Waals surface area contributed by atoms with Gasteiger partial charge in [0, 0.05) is 18.0 Å². The molecule has 25 heavy (non-hydrogen) atoms. The first-order chi connectivity index (χ1) is 12.0. The van der Waals surface area contributed by atoms with Crippen LogP contribution >= 0.6 is 0 Å². The first-order valence-corrected chi connectivity index (χ1v) is 8.19. The second-order valence-corrected chi connectivity index (χ2v) is 6.34. The van der Waals surface area contributed by atoms with Gasteiger partial charge in [-0.2, -0.15) is 0 Å². The van der Waals surface area contributed by atoms with Crippen molar-refractivity contribution in [2.45, 2.75) is 6.42 Å². The zero-order chi connectivity index (χ0) is 17.8. The molecule has 0 aromatic heterocycles. The maximum absolute atomic E-state index is 13.6. The van der Waals surface area contributed by atoms with Crippen molar-refractivity contribution in [3.05, 3.63) is 54.1 Å². The first kappa shape index (κ1) is 17.4. The molecule has 0 spiro atoms. The molecule has 0 radical (unpaired) electrons. The highest BCUT2D eigenvalue weighted by molar-refractivity contribution is 5.91. The first-order valence-electron chi connectivity index (χ1n) is 8.19. The molecular weight excluding hydrogens is 326 g/mol. The van der Waals surface area contributed by atoms with Gasteiger partial charge in [0.25, 0.3) is 0 Å². The van der Waals surface area contributed by atoms with E-state index in [-0.39, 0.29) is 5.82 Å². The topological polar surface area (TPSA) is 41.6 Å². The number of nitrogens with zero attached hydrogens (tertiary/aromatic N) is 1. The lowest BCUT2D eigenvalue weighted by Gasteiger charge is -2.14. The molecule has 0 saturated carbocycles. The molecule has 1 heterocycles. The Balaban J connectivity index is 1.69. The van der Waals surface area contributed by atoms with E-state index in [1.807, 2.05) is 7.05 Å². The maximum Gasteiger partial charge on any atom is 0.411 e. The Bertz CT molecular complexity index is 750. The lowest BCUT2D eigenvalue weighted by molar-refractivity contribution is 0.142. The molecule has 1 atom stereocenters. The second-order valence-electron chi connectivity index (χ2n) is 6.34. The summed E-state index contributed by atoms with van der Waals surface area (Å²) in [6, 6.07) is 9.68. The van der Waals surface area contributed by atoms with Crippen molar-refractivity contribution in [3.63, 3.8) is 0 Å². The molecule has 1 aliphatic rings. The molecule has 132 valence electrons. The number of hydrogen-bond acceptors (Lipinski definition) is 3. The van der Waals surface area contributed by atoms with Crippen LogP contribution in [0.1, 0.15) is 6.42 Å². The van der Waals surface area contributed by atoms with Crippen molar-refractivity contribution < 1.29 is 18.3 Å². The van der Waals surface area contributed by atoms with Crippen LogP contribution in [0.25, 0.3) is 11.1 Å². The zero-order valence-electron chi connectivity index (χ0n) is 14.0. The number of carbonyl (C=O) groups excluding carboxylic acids is 1. The van der Waals surface area contributed by atoms with Gasteiger partial charge < -0.3 is 9.64 Å². The van der Waals surface area contributed by atoms with Crippen LogP contribution < -0.4 is 5.32 Å². The van der Waals surface area contributed by atoms with Gasteiger partial charge in [-0.1, -0.05) is 12.1 Å². The zero-order valence-corrected chi connectivity index (χ0v) is 14.0. The summed E-state index contributed by atoms with van der Waals surface area (Å²) in [4.78, 5) is 14.3. The van der Waals surface area contributed by atoms with Crippen LogP contribution in [0.5, 0.6) is 0 Å². The van der Waals surface area contributed by atoms with E-state index in [2.05, 4.69) is 10.2 Å². The van der Waals surface area contributed by atoms with Gasteiger partial charge in [0.1, 0.15) is 11.6 Å². The van der Waals surface area contributed by atoms with E-state index in [0.717, 1.165) is 19.5 Å². The van der Waals surface area contributed by atoms with Crippen LogP contribution in [0.4, 0.5) is 19.3 Å². The molecule has 6 heteroatoms. The van der Waals surface area contributed by atoms with Gasteiger partial charge in [-0.05, 0) is 55.9 Å². The summed E-state index contributed by atoms with van der Waals surface area (Å²) in [5.41, 5.74) is 1.49. The number of benzene rings is 2. The van der Waals surface area contributed by atoms with Gasteiger partial charge in [-0.25, -0.2) is 13.6 Å². The molecule has 0 unspecified atom stereocenters. The molecule has 2 aromatic carbocycles. The summed E-state index contributed by atoms with van der Waals surface area (Å²) < 4.78 is 32.0. The minimum absolute atomic E-state index is 0.334. The monoisotopic (exact) mass is 346 g/mol. The van der Waals surface area contributed by atoms with E-state index in [0.29, 0.717) is 29.3 Å². The summed E-state index contributed by atoms with van der Waals surface area (Å²) in [5, 5.41) is 2.65. The smallest absolute Gasteiger partial charge is 0.411 e. The van der Waals surface area contributed by atoms with Gasteiger partial charge in [0.2, 0.25) is 0 Å². The molecule has 1 N–H and O–H groups in total. The molecule has 1 aliphatic heterocycles. The molecule has 1 saturated heterocycles. The molecule has 2 aromatic rings. The van der Waals surface area contributed by atoms with Crippen molar-refractivity contribution in [3.8, 4) is 11.1 Å². The van der Waals surface area contributed by atoms with Crippen LogP contribution in [-0.4, -0.2) is 37.7 Å². The van der Waals surface area contributed by atoms with Crippen LogP contribution in [0.3, 0.4) is 0 Å². The highest BCUT2D eigenvalue weighted by Crippen LogP contribution is 2.29. The van der Waals surface area contributed by atoms with Gasteiger partial charge in [-0.15, -0.1) is 0 Å². The molecule has 3 rings (SSSR count). The lowest BCUT2D eigenvalue weighted by atomic mass is 10.0. The van der Waals surface area contributed by atoms with E-state index >= 15 is 0 Å². The van der Waals surface area contributed by atoms with Crippen LogP contribution in [-0.2, 0) is 4.74 Å². The number of halogens is 2. The molecule has 4 nitrogen and oxygen atoms in total. The third kappa shape index (κ3) is 4.54. The number of rotatable bonds is 4. The maximum atomic E-state index is 13.6. The number of amides is 1. The van der Waals surface area contributed by atoms with Gasteiger partial charge in [0.15, 0.2) is 0 Å². The summed E-state index contributed by atoms with van der Waals surface area (Å²) in [6.45, 7) is 2.26. The fraction of sp³-hybridized carbons (Fsp3) is 0.316. The predicted molar refractivity (Wildman–Crippen MR) is 92.4 cm³/mol. The van der Waals surface area contributed by atoms with Crippen molar-refractivity contribution in [1.29, 1.82) is 0 Å². The summed E-state index contributed by atoms with van der Waals surface area (Å²) in [5.74, 6) is -0.483. The Morgan fingerprint density at radius 3 is 2.60 bits per heavy atom. The number of anilines is 1. The van der Waals surface area contributed by atoms with Gasteiger partial charge in [-0.3, -0.25) is 5.32 Å². The Labute approximate surface area is 145 Å². The van der Waals surface area contributed by atoms with Crippen LogP contribution in [0.15, 0.2) is 42.5 Å². The molecule has 0 bridgehead atoms. The largest absolute Gasteiger partial charge is 0.449 e. The molecule has 0 aliphatic carbocycles. The van der Waals surface area contributed by atoms with Gasteiger partial charge >= 0.3 is 6.09 Å². The standard InChI is InChI=1S/C19H20F2N2O2/c1-23-9-8-13(11-23)12-25-19(24)22-18-7-6-16(21)10-17(18)14-2-4-15(20)5-3-14/h2-7,10,13H,8-9,11-12H2,1H3,(H,22,24)/t13-/m0/s1. The highest BCUT2D eigenvalue weighted by atomic mass is 19.1. The minimum atomic E-state index is -0.579. The van der Waals surface area contributed by atoms with Gasteiger partial charge in [0.05, 0.1) is 12.3 Å². The van der Waals surface area contributed by atoms with E-state index < -0.39 is 11.9 Å². The van der Waals surface area contributed by atoms with E-state index in [4.69, 9.17) is 4.74 Å². The Hall–Kier alpha value is -2.47. The SMILES string of the molecule is CN1CC[C@H](COC(=O)Nc2ccc(F)cc2-c2ccc(F)cc2)C1. The highest BCUT2D eigenvalue weighted by Gasteiger charge is 2.21. The van der Waals surface area contributed by atoms with Crippen LogP contribution in [0, 0.1) is 17.6 Å². The predicted octanol–water partition coefficient (Wildman–Crippen LogP) is 4.13. The fourth-order valence-corrected chi connectivity index (χ4v) is 3.00. The lowest BCUT2D eigenvalue weighted by Crippen LogP contribution is -2.21. The number of ether oxygens (including phenoxy) is 1. The normalized spacial score (nSPS) is 17.5. The molecular formula is C19H20F2N2O2. The third-order valence-electron chi connectivity index (χ3n) is 4.31. The van der Waals surface area contributed by atoms with Crippen molar-refractivity contribution in [2.24, 2.45) is 5.92 Å². The van der Waals surface area contributed by atoms with E-state index in [9.17, 15) is 13.6 Å². The number of hydrogen-bond donors (Lipinski definition) is 1.